The van der Waals surface area contributed by atoms with Crippen molar-refractivity contribution in [2.24, 2.45) is 5.92 Å². The Kier molecular flexibility index (Phi) is 14.9. The van der Waals surface area contributed by atoms with E-state index in [0.717, 1.165) is 34.3 Å². The monoisotopic (exact) mass is 623 g/mol. The Morgan fingerprint density at radius 3 is 2.35 bits per heavy atom. The maximum Gasteiger partial charge on any atom is 0.326 e. The zero-order chi connectivity index (χ0) is 31.0. The first kappa shape index (κ1) is 34.5. The number of benzene rings is 3. The van der Waals surface area contributed by atoms with E-state index in [2.05, 4.69) is 60.9 Å². The lowest BCUT2D eigenvalue weighted by atomic mass is 9.97. The molecule has 0 spiro atoms. The Hall–Kier alpha value is -3.01. The normalized spacial score (nSPS) is 13.4. The lowest BCUT2D eigenvalue weighted by Gasteiger charge is -2.31. The fourth-order valence-electron chi connectivity index (χ4n) is 4.93. The van der Waals surface area contributed by atoms with Crippen LogP contribution >= 0.6 is 23.5 Å². The molecule has 0 fully saturated rings. The molecule has 3 aromatic carbocycles. The Morgan fingerprint density at radius 1 is 0.907 bits per heavy atom. The highest BCUT2D eigenvalue weighted by Gasteiger charge is 2.25. The highest BCUT2D eigenvalue weighted by atomic mass is 32.2. The Bertz CT molecular complexity index is 1300. The molecule has 232 valence electrons. The minimum Gasteiger partial charge on any atom is -0.480 e. The number of amides is 2. The lowest BCUT2D eigenvalue weighted by Crippen LogP contribution is -2.51. The van der Waals surface area contributed by atoms with Gasteiger partial charge in [-0.2, -0.15) is 23.5 Å². The third-order valence-electron chi connectivity index (χ3n) is 7.60. The number of carbonyl (C=O) groups excluding carboxylic acids is 2. The van der Waals surface area contributed by atoms with Crippen molar-refractivity contribution in [1.82, 2.24) is 15.5 Å². The molecule has 0 aromatic heterocycles. The minimum absolute atomic E-state index is 0.00318. The summed E-state index contributed by atoms with van der Waals surface area (Å²) in [6, 6.07) is 23.4. The molecule has 0 aliphatic carbocycles. The SMILES string of the molecule is CC[C@H](C)[C@@H](CN(CC(=O)N[C@@H](CCSC)C(=O)O)Cc1cccc2ccccc12)NC(=O)CCSCc1ccccc1. The summed E-state index contributed by atoms with van der Waals surface area (Å²) < 4.78 is 0. The first-order valence-electron chi connectivity index (χ1n) is 14.9. The fourth-order valence-corrected chi connectivity index (χ4v) is 6.30. The molecule has 3 aromatic rings. The van der Waals surface area contributed by atoms with Crippen LogP contribution in [0, 0.1) is 5.92 Å². The molecule has 0 saturated heterocycles. The van der Waals surface area contributed by atoms with E-state index in [4.69, 9.17) is 0 Å². The van der Waals surface area contributed by atoms with Crippen molar-refractivity contribution in [2.75, 3.05) is 30.9 Å². The van der Waals surface area contributed by atoms with Crippen LogP contribution in [-0.2, 0) is 26.7 Å². The molecule has 3 rings (SSSR count). The molecule has 43 heavy (non-hydrogen) atoms. The van der Waals surface area contributed by atoms with Crippen LogP contribution in [0.15, 0.2) is 72.8 Å². The van der Waals surface area contributed by atoms with Gasteiger partial charge in [0.25, 0.3) is 0 Å². The van der Waals surface area contributed by atoms with Gasteiger partial charge in [0.1, 0.15) is 6.04 Å². The number of nitrogens with one attached hydrogen (secondary N) is 2. The lowest BCUT2D eigenvalue weighted by molar-refractivity contribution is -0.142. The van der Waals surface area contributed by atoms with E-state index in [1.165, 1.54) is 5.56 Å². The molecule has 0 bridgehead atoms. The molecular formula is C34H45N3O4S2. The van der Waals surface area contributed by atoms with Gasteiger partial charge < -0.3 is 15.7 Å². The van der Waals surface area contributed by atoms with Crippen LogP contribution < -0.4 is 10.6 Å². The van der Waals surface area contributed by atoms with E-state index >= 15 is 0 Å². The summed E-state index contributed by atoms with van der Waals surface area (Å²) in [7, 11) is 0. The third-order valence-corrected chi connectivity index (χ3v) is 9.28. The van der Waals surface area contributed by atoms with Crippen molar-refractivity contribution in [2.45, 2.75) is 57.5 Å². The average Bonchev–Trinajstić information content (AvgIpc) is 3.01. The standard InChI is InChI=1S/C34H45N3O4S2/c1-4-25(2)31(36-32(38)18-20-43-24-26-11-6-5-7-12-26)22-37(23-33(39)35-30(34(40)41)17-19-42-3)21-28-15-10-14-27-13-8-9-16-29(27)28/h5-16,25,30-31H,4,17-24H2,1-3H3,(H,35,39)(H,36,38)(H,40,41)/t25-,30-,31+/m0/s1. The molecule has 0 aliphatic rings. The zero-order valence-corrected chi connectivity index (χ0v) is 27.1. The summed E-state index contributed by atoms with van der Waals surface area (Å²) in [4.78, 5) is 40.1. The van der Waals surface area contributed by atoms with Crippen LogP contribution in [0.4, 0.5) is 0 Å². The maximum absolute atomic E-state index is 13.2. The molecule has 3 N–H and O–H groups in total. The first-order valence-corrected chi connectivity index (χ1v) is 17.5. The van der Waals surface area contributed by atoms with Crippen molar-refractivity contribution in [3.63, 3.8) is 0 Å². The number of carboxylic acid groups (broad SMARTS) is 1. The number of thioether (sulfide) groups is 2. The summed E-state index contributed by atoms with van der Waals surface area (Å²) in [6.07, 6.45) is 3.57. The molecule has 0 saturated carbocycles. The number of carbonyl (C=O) groups is 3. The molecule has 0 aliphatic heterocycles. The molecular weight excluding hydrogens is 579 g/mol. The fraction of sp³-hybridized carbons (Fsp3) is 0.441. The van der Waals surface area contributed by atoms with Gasteiger partial charge in [0.05, 0.1) is 6.54 Å². The molecule has 3 atom stereocenters. The number of carboxylic acids is 1. The van der Waals surface area contributed by atoms with E-state index in [1.807, 2.05) is 47.6 Å². The summed E-state index contributed by atoms with van der Waals surface area (Å²) in [5, 5.41) is 17.9. The van der Waals surface area contributed by atoms with Gasteiger partial charge in [0, 0.05) is 37.1 Å². The Morgan fingerprint density at radius 2 is 1.63 bits per heavy atom. The second-order valence-corrected chi connectivity index (χ2v) is 13.0. The molecule has 0 heterocycles. The summed E-state index contributed by atoms with van der Waals surface area (Å²) in [6.45, 7) is 5.21. The van der Waals surface area contributed by atoms with Crippen molar-refractivity contribution in [3.8, 4) is 0 Å². The molecule has 2 amide bonds. The second kappa shape index (κ2) is 18.6. The Labute approximate surface area is 264 Å². The van der Waals surface area contributed by atoms with Gasteiger partial charge in [-0.1, -0.05) is 93.1 Å². The van der Waals surface area contributed by atoms with Gasteiger partial charge >= 0.3 is 5.97 Å². The van der Waals surface area contributed by atoms with Crippen molar-refractivity contribution < 1.29 is 19.5 Å². The van der Waals surface area contributed by atoms with Crippen LogP contribution in [0.3, 0.4) is 0 Å². The highest BCUT2D eigenvalue weighted by molar-refractivity contribution is 7.98. The predicted molar refractivity (Wildman–Crippen MR) is 180 cm³/mol. The maximum atomic E-state index is 13.2. The van der Waals surface area contributed by atoms with Crippen molar-refractivity contribution in [3.05, 3.63) is 83.9 Å². The van der Waals surface area contributed by atoms with Crippen molar-refractivity contribution >= 4 is 52.1 Å². The van der Waals surface area contributed by atoms with Gasteiger partial charge in [0.2, 0.25) is 11.8 Å². The second-order valence-electron chi connectivity index (χ2n) is 10.9. The molecule has 0 radical (unpaired) electrons. The smallest absolute Gasteiger partial charge is 0.326 e. The largest absolute Gasteiger partial charge is 0.480 e. The van der Waals surface area contributed by atoms with Crippen LogP contribution in [0.2, 0.25) is 0 Å². The van der Waals surface area contributed by atoms with Crippen LogP contribution in [0.5, 0.6) is 0 Å². The van der Waals surface area contributed by atoms with Crippen LogP contribution in [0.1, 0.15) is 44.2 Å². The average molecular weight is 624 g/mol. The van der Waals surface area contributed by atoms with Gasteiger partial charge in [-0.05, 0) is 46.2 Å². The quantitative estimate of drug-likeness (QED) is 0.145. The van der Waals surface area contributed by atoms with Gasteiger partial charge in [-0.15, -0.1) is 0 Å². The number of aliphatic carboxylic acids is 1. The third kappa shape index (κ3) is 11.9. The van der Waals surface area contributed by atoms with Gasteiger partial charge in [-0.25, -0.2) is 4.79 Å². The van der Waals surface area contributed by atoms with E-state index in [1.54, 1.807) is 23.5 Å². The molecule has 9 heteroatoms. The Balaban J connectivity index is 1.72. The topological polar surface area (TPSA) is 98.7 Å². The molecule has 0 unspecified atom stereocenters. The van der Waals surface area contributed by atoms with Crippen molar-refractivity contribution in [1.29, 1.82) is 0 Å². The van der Waals surface area contributed by atoms with E-state index in [-0.39, 0.29) is 30.3 Å². The van der Waals surface area contributed by atoms with E-state index in [0.29, 0.717) is 31.7 Å². The number of hydrogen-bond donors (Lipinski definition) is 3. The van der Waals surface area contributed by atoms with Gasteiger partial charge in [0.15, 0.2) is 0 Å². The summed E-state index contributed by atoms with van der Waals surface area (Å²) in [5.74, 6) is 1.06. The summed E-state index contributed by atoms with van der Waals surface area (Å²) >= 11 is 3.29. The minimum atomic E-state index is -1.03. The van der Waals surface area contributed by atoms with Gasteiger partial charge in [-0.3, -0.25) is 14.5 Å². The molecule has 7 nitrogen and oxygen atoms in total. The number of hydrogen-bond acceptors (Lipinski definition) is 6. The highest BCUT2D eigenvalue weighted by Crippen LogP contribution is 2.21. The number of fused-ring (bicyclic) bond motifs is 1. The number of rotatable bonds is 19. The van der Waals surface area contributed by atoms with E-state index < -0.39 is 12.0 Å². The van der Waals surface area contributed by atoms with E-state index in [9.17, 15) is 19.5 Å². The van der Waals surface area contributed by atoms with Crippen LogP contribution in [0.25, 0.3) is 10.8 Å². The first-order chi connectivity index (χ1) is 20.8. The zero-order valence-electron chi connectivity index (χ0n) is 25.5. The number of nitrogens with zero attached hydrogens (tertiary/aromatic N) is 1. The summed E-state index contributed by atoms with van der Waals surface area (Å²) in [5.41, 5.74) is 2.32. The predicted octanol–water partition coefficient (Wildman–Crippen LogP) is 5.82. The van der Waals surface area contributed by atoms with Crippen LogP contribution in [-0.4, -0.2) is 70.7 Å².